The number of thioether (sulfide) groups is 1. The van der Waals surface area contributed by atoms with E-state index in [0.717, 1.165) is 21.2 Å². The van der Waals surface area contributed by atoms with Gasteiger partial charge in [-0.25, -0.2) is 4.98 Å². The Kier molecular flexibility index (Phi) is 4.61. The summed E-state index contributed by atoms with van der Waals surface area (Å²) in [6, 6.07) is 5.74. The van der Waals surface area contributed by atoms with Crippen LogP contribution in [0.1, 0.15) is 17.0 Å². The van der Waals surface area contributed by atoms with Crippen molar-refractivity contribution in [2.75, 3.05) is 6.26 Å². The molecule has 1 aromatic heterocycles. The molecule has 0 unspecified atom stereocenters. The van der Waals surface area contributed by atoms with Crippen LogP contribution in [0, 0.1) is 13.8 Å². The van der Waals surface area contributed by atoms with Gasteiger partial charge in [0.15, 0.2) is 5.84 Å². The Hall–Kier alpha value is -1.60. The van der Waals surface area contributed by atoms with Crippen LogP contribution in [-0.2, 0) is 0 Å². The average molecular weight is 309 g/mol. The Morgan fingerprint density at radius 1 is 1.35 bits per heavy atom. The van der Waals surface area contributed by atoms with Crippen LogP contribution in [0.5, 0.6) is 0 Å². The second-order valence-corrected chi connectivity index (χ2v) is 5.88. The molecule has 0 amide bonds. The summed E-state index contributed by atoms with van der Waals surface area (Å²) in [4.78, 5) is 6.11. The molecular formula is C13H15N3O2S2. The fraction of sp³-hybridized carbons (Fsp3) is 0.231. The van der Waals surface area contributed by atoms with Crippen LogP contribution in [0.3, 0.4) is 0 Å². The number of nitrogens with zero attached hydrogens (tertiary/aromatic N) is 2. The van der Waals surface area contributed by atoms with Crippen molar-refractivity contribution in [1.82, 2.24) is 4.98 Å². The molecule has 0 aliphatic heterocycles. The summed E-state index contributed by atoms with van der Waals surface area (Å²) in [5, 5.41) is 12.6. The zero-order valence-corrected chi connectivity index (χ0v) is 13.0. The van der Waals surface area contributed by atoms with Crippen molar-refractivity contribution < 1.29 is 9.62 Å². The van der Waals surface area contributed by atoms with Crippen LogP contribution < -0.4 is 5.73 Å². The predicted octanol–water partition coefficient (Wildman–Crippen LogP) is 3.26. The second kappa shape index (κ2) is 6.23. The van der Waals surface area contributed by atoms with E-state index in [9.17, 15) is 0 Å². The van der Waals surface area contributed by atoms with Crippen LogP contribution in [0.2, 0.25) is 0 Å². The largest absolute Gasteiger partial charge is 0.436 e. The summed E-state index contributed by atoms with van der Waals surface area (Å²) < 4.78 is 5.56. The molecule has 0 fully saturated rings. The molecule has 20 heavy (non-hydrogen) atoms. The first kappa shape index (κ1) is 14.8. The molecule has 0 radical (unpaired) electrons. The molecule has 0 spiro atoms. The van der Waals surface area contributed by atoms with Gasteiger partial charge in [0, 0.05) is 15.4 Å². The molecule has 0 saturated heterocycles. The van der Waals surface area contributed by atoms with E-state index in [4.69, 9.17) is 15.4 Å². The standard InChI is InChI=1S/C13H15N3O2S2/c1-7-8(2)18-13(15-7)20-10-6-4-5-9(19-3)11(10)12(14)16-17/h4-6,17H,1-3H3,(H2,14,16). The normalized spacial score (nSPS) is 11.8. The van der Waals surface area contributed by atoms with Crippen molar-refractivity contribution in [2.24, 2.45) is 10.9 Å². The minimum absolute atomic E-state index is 0.0810. The minimum Gasteiger partial charge on any atom is -0.436 e. The first-order valence-corrected chi connectivity index (χ1v) is 7.87. The van der Waals surface area contributed by atoms with Gasteiger partial charge >= 0.3 is 0 Å². The molecule has 0 aliphatic rings. The molecule has 0 atom stereocenters. The molecule has 0 saturated carbocycles. The van der Waals surface area contributed by atoms with Gasteiger partial charge in [0.1, 0.15) is 5.76 Å². The smallest absolute Gasteiger partial charge is 0.261 e. The van der Waals surface area contributed by atoms with Crippen LogP contribution in [0.15, 0.2) is 42.8 Å². The van der Waals surface area contributed by atoms with Crippen molar-refractivity contribution in [1.29, 1.82) is 0 Å². The number of nitrogens with two attached hydrogens (primary N) is 1. The van der Waals surface area contributed by atoms with Crippen molar-refractivity contribution in [2.45, 2.75) is 28.9 Å². The van der Waals surface area contributed by atoms with Crippen LogP contribution in [0.4, 0.5) is 0 Å². The summed E-state index contributed by atoms with van der Waals surface area (Å²) in [6.07, 6.45) is 1.94. The van der Waals surface area contributed by atoms with Gasteiger partial charge in [0.2, 0.25) is 0 Å². The first-order chi connectivity index (χ1) is 9.56. The lowest BCUT2D eigenvalue weighted by Crippen LogP contribution is -2.15. The lowest BCUT2D eigenvalue weighted by Gasteiger charge is -2.10. The molecule has 2 aromatic rings. The third-order valence-corrected chi connectivity index (χ3v) is 4.47. The number of rotatable bonds is 4. The summed E-state index contributed by atoms with van der Waals surface area (Å²) in [5.41, 5.74) is 7.34. The van der Waals surface area contributed by atoms with Gasteiger partial charge in [-0.3, -0.25) is 0 Å². The number of oxime groups is 1. The molecule has 5 nitrogen and oxygen atoms in total. The monoisotopic (exact) mass is 309 g/mol. The lowest BCUT2D eigenvalue weighted by molar-refractivity contribution is 0.318. The number of hydrogen-bond acceptors (Lipinski definition) is 6. The second-order valence-electron chi connectivity index (χ2n) is 4.04. The van der Waals surface area contributed by atoms with Crippen molar-refractivity contribution in [3.05, 3.63) is 35.2 Å². The summed E-state index contributed by atoms with van der Waals surface area (Å²) >= 11 is 2.90. The van der Waals surface area contributed by atoms with E-state index in [0.29, 0.717) is 10.8 Å². The quantitative estimate of drug-likeness (QED) is 0.296. The van der Waals surface area contributed by atoms with Gasteiger partial charge in [-0.05, 0) is 44.0 Å². The molecule has 0 bridgehead atoms. The number of hydrogen-bond donors (Lipinski definition) is 2. The van der Waals surface area contributed by atoms with E-state index >= 15 is 0 Å². The number of aromatic nitrogens is 1. The van der Waals surface area contributed by atoms with Crippen molar-refractivity contribution in [3.8, 4) is 0 Å². The maximum atomic E-state index is 8.95. The summed E-state index contributed by atoms with van der Waals surface area (Å²) in [6.45, 7) is 3.76. The summed E-state index contributed by atoms with van der Waals surface area (Å²) in [5.74, 6) is 0.872. The van der Waals surface area contributed by atoms with E-state index in [1.165, 1.54) is 23.5 Å². The van der Waals surface area contributed by atoms with Gasteiger partial charge < -0.3 is 15.4 Å². The highest BCUT2D eigenvalue weighted by molar-refractivity contribution is 7.99. The topological polar surface area (TPSA) is 84.6 Å². The molecular weight excluding hydrogens is 294 g/mol. The maximum Gasteiger partial charge on any atom is 0.261 e. The number of amidine groups is 1. The average Bonchev–Trinajstić information content (AvgIpc) is 2.76. The maximum absolute atomic E-state index is 8.95. The molecule has 3 N–H and O–H groups in total. The SMILES string of the molecule is CSc1cccc(Sc2nc(C)c(C)o2)c1/C(N)=N/O. The van der Waals surface area contributed by atoms with Gasteiger partial charge in [-0.15, -0.1) is 11.8 Å². The van der Waals surface area contributed by atoms with E-state index in [2.05, 4.69) is 10.1 Å². The van der Waals surface area contributed by atoms with E-state index in [1.54, 1.807) is 0 Å². The molecule has 1 aromatic carbocycles. The van der Waals surface area contributed by atoms with E-state index in [1.807, 2.05) is 38.3 Å². The fourth-order valence-corrected chi connectivity index (χ4v) is 3.35. The number of oxazole rings is 1. The zero-order chi connectivity index (χ0) is 14.7. The Morgan fingerprint density at radius 3 is 2.60 bits per heavy atom. The lowest BCUT2D eigenvalue weighted by atomic mass is 10.2. The third-order valence-electron chi connectivity index (χ3n) is 2.78. The van der Waals surface area contributed by atoms with Gasteiger partial charge in [-0.1, -0.05) is 11.2 Å². The molecule has 106 valence electrons. The molecule has 0 aliphatic carbocycles. The van der Waals surface area contributed by atoms with Crippen LogP contribution >= 0.6 is 23.5 Å². The highest BCUT2D eigenvalue weighted by Gasteiger charge is 2.16. The van der Waals surface area contributed by atoms with E-state index in [-0.39, 0.29) is 5.84 Å². The number of benzene rings is 1. The minimum atomic E-state index is 0.0810. The van der Waals surface area contributed by atoms with Gasteiger partial charge in [0.05, 0.1) is 5.69 Å². The predicted molar refractivity (Wildman–Crippen MR) is 80.8 cm³/mol. The fourth-order valence-electron chi connectivity index (χ4n) is 1.65. The van der Waals surface area contributed by atoms with E-state index < -0.39 is 0 Å². The third kappa shape index (κ3) is 2.94. The molecule has 2 rings (SSSR count). The highest BCUT2D eigenvalue weighted by Crippen LogP contribution is 2.35. The van der Waals surface area contributed by atoms with Crippen LogP contribution in [0.25, 0.3) is 0 Å². The summed E-state index contributed by atoms with van der Waals surface area (Å²) in [7, 11) is 0. The Balaban J connectivity index is 2.45. The van der Waals surface area contributed by atoms with Crippen molar-refractivity contribution in [3.63, 3.8) is 0 Å². The number of aryl methyl sites for hydroxylation is 2. The molecule has 7 heteroatoms. The highest BCUT2D eigenvalue weighted by atomic mass is 32.2. The zero-order valence-electron chi connectivity index (χ0n) is 11.4. The Labute approximate surface area is 125 Å². The van der Waals surface area contributed by atoms with Crippen molar-refractivity contribution >= 4 is 29.4 Å². The molecule has 1 heterocycles. The van der Waals surface area contributed by atoms with Crippen LogP contribution in [-0.4, -0.2) is 22.3 Å². The van der Waals surface area contributed by atoms with Gasteiger partial charge in [-0.2, -0.15) is 0 Å². The Bertz CT molecular complexity index is 634. The first-order valence-electron chi connectivity index (χ1n) is 5.83. The Morgan fingerprint density at radius 2 is 2.05 bits per heavy atom. The van der Waals surface area contributed by atoms with Gasteiger partial charge in [0.25, 0.3) is 5.22 Å².